The second-order valence-corrected chi connectivity index (χ2v) is 8.13. The summed E-state index contributed by atoms with van der Waals surface area (Å²) in [4.78, 5) is 24.0. The molecule has 172 valence electrons. The van der Waals surface area contributed by atoms with Gasteiger partial charge in [-0.3, -0.25) is 4.79 Å². The molecule has 2 heterocycles. The Balaban J connectivity index is 1.86. The van der Waals surface area contributed by atoms with Gasteiger partial charge in [0.05, 0.1) is 20.3 Å². The van der Waals surface area contributed by atoms with Crippen LogP contribution in [-0.2, 0) is 44.6 Å². The van der Waals surface area contributed by atoms with Crippen LogP contribution in [0.15, 0.2) is 30.3 Å². The summed E-state index contributed by atoms with van der Waals surface area (Å²) in [7, 11) is 1.29. The minimum absolute atomic E-state index is 0.252. The maximum absolute atomic E-state index is 12.0. The summed E-state index contributed by atoms with van der Waals surface area (Å²) in [5.41, 5.74) is 0.951. The number of fused-ring (bicyclic) bond motifs is 1. The quantitative estimate of drug-likeness (QED) is 0.641. The third kappa shape index (κ3) is 6.02. The number of methoxy groups -OCH3 is 1. The van der Waals surface area contributed by atoms with E-state index in [-0.39, 0.29) is 19.1 Å². The fraction of sp³-hybridized carbons (Fsp3) is 0.636. The van der Waals surface area contributed by atoms with E-state index < -0.39 is 48.5 Å². The van der Waals surface area contributed by atoms with Crippen molar-refractivity contribution in [3.63, 3.8) is 0 Å². The Hall–Kier alpha value is -2.04. The average molecular weight is 437 g/mol. The highest BCUT2D eigenvalue weighted by atomic mass is 16.8. The van der Waals surface area contributed by atoms with Crippen LogP contribution in [0.3, 0.4) is 0 Å². The summed E-state index contributed by atoms with van der Waals surface area (Å²) in [5, 5.41) is 2.85. The molecule has 9 nitrogen and oxygen atoms in total. The van der Waals surface area contributed by atoms with Gasteiger partial charge < -0.3 is 33.7 Å². The van der Waals surface area contributed by atoms with Crippen LogP contribution >= 0.6 is 0 Å². The molecule has 0 aliphatic carbocycles. The number of benzene rings is 1. The van der Waals surface area contributed by atoms with E-state index in [1.165, 1.54) is 14.0 Å². The minimum Gasteiger partial charge on any atom is -0.467 e. The van der Waals surface area contributed by atoms with Crippen molar-refractivity contribution < 1.29 is 38.0 Å². The molecule has 2 fully saturated rings. The van der Waals surface area contributed by atoms with Crippen molar-refractivity contribution in [1.82, 2.24) is 5.32 Å². The van der Waals surface area contributed by atoms with Gasteiger partial charge in [-0.25, -0.2) is 4.79 Å². The van der Waals surface area contributed by atoms with Crippen LogP contribution in [0.5, 0.6) is 0 Å². The monoisotopic (exact) mass is 437 g/mol. The van der Waals surface area contributed by atoms with Crippen molar-refractivity contribution in [2.75, 3.05) is 13.7 Å². The van der Waals surface area contributed by atoms with Crippen LogP contribution in [0, 0.1) is 0 Å². The van der Waals surface area contributed by atoms with Crippen molar-refractivity contribution in [2.24, 2.45) is 0 Å². The van der Waals surface area contributed by atoms with Crippen molar-refractivity contribution in [3.05, 3.63) is 35.9 Å². The molecule has 1 aromatic carbocycles. The number of esters is 1. The van der Waals surface area contributed by atoms with E-state index in [1.54, 1.807) is 20.8 Å². The lowest BCUT2D eigenvalue weighted by molar-refractivity contribution is -0.374. The molecule has 1 unspecified atom stereocenters. The van der Waals surface area contributed by atoms with E-state index in [0.29, 0.717) is 0 Å². The lowest BCUT2D eigenvalue weighted by Gasteiger charge is -2.51. The molecule has 1 N–H and O–H groups in total. The number of carbonyl (C=O) groups is 2. The number of amides is 1. The fourth-order valence-electron chi connectivity index (χ4n) is 3.73. The average Bonchev–Trinajstić information content (AvgIpc) is 2.73. The van der Waals surface area contributed by atoms with E-state index in [4.69, 9.17) is 28.4 Å². The molecule has 0 radical (unpaired) electrons. The molecule has 31 heavy (non-hydrogen) atoms. The summed E-state index contributed by atoms with van der Waals surface area (Å²) in [6.07, 6.45) is -3.55. The molecule has 2 saturated heterocycles. The Kier molecular flexibility index (Phi) is 7.66. The number of nitrogens with one attached hydrogen (secondary N) is 1. The summed E-state index contributed by atoms with van der Waals surface area (Å²) < 4.78 is 34.9. The Morgan fingerprint density at radius 3 is 2.61 bits per heavy atom. The molecule has 2 aliphatic heterocycles. The topological polar surface area (TPSA) is 102 Å². The molecular weight excluding hydrogens is 406 g/mol. The van der Waals surface area contributed by atoms with Gasteiger partial charge in [0.1, 0.15) is 24.4 Å². The number of carbonyl (C=O) groups excluding carboxylic acids is 2. The lowest BCUT2D eigenvalue weighted by atomic mass is 9.94. The molecule has 0 bridgehead atoms. The number of ether oxygens (including phenoxy) is 6. The van der Waals surface area contributed by atoms with Gasteiger partial charge in [-0.1, -0.05) is 30.3 Å². The van der Waals surface area contributed by atoms with Crippen LogP contribution in [-0.4, -0.2) is 68.1 Å². The van der Waals surface area contributed by atoms with Gasteiger partial charge in [-0.05, 0) is 26.3 Å². The highest BCUT2D eigenvalue weighted by Crippen LogP contribution is 2.35. The van der Waals surface area contributed by atoms with Crippen LogP contribution in [0.2, 0.25) is 0 Å². The van der Waals surface area contributed by atoms with E-state index in [0.717, 1.165) is 5.56 Å². The van der Waals surface area contributed by atoms with E-state index in [1.807, 2.05) is 30.3 Å². The second-order valence-electron chi connectivity index (χ2n) is 8.13. The van der Waals surface area contributed by atoms with Crippen LogP contribution in [0.25, 0.3) is 0 Å². The third-order valence-electron chi connectivity index (χ3n) is 5.18. The molecule has 1 amide bonds. The van der Waals surface area contributed by atoms with Gasteiger partial charge in [0.25, 0.3) is 0 Å². The first-order valence-corrected chi connectivity index (χ1v) is 10.3. The van der Waals surface area contributed by atoms with Gasteiger partial charge >= 0.3 is 5.97 Å². The SMILES string of the molecule is COC(=O)C(C)O[C@@H]1[C@@H](NC(C)=O)[C@@H](OCc2ccccc2)O[C@@H]2COC(C)(C)O[C@@H]12. The standard InChI is InChI=1S/C22H31NO8/c1-13(20(25)26-5)29-19-17(23-14(2)24)21(27-11-15-9-7-6-8-10-15)30-16-12-28-22(3,4)31-18(16)19/h6-10,13,16-19,21H,11-12H2,1-5H3,(H,23,24)/t13?,16-,17-,18-,19-,21+/m1/s1. The first-order chi connectivity index (χ1) is 14.7. The number of hydrogen-bond donors (Lipinski definition) is 1. The van der Waals surface area contributed by atoms with E-state index in [9.17, 15) is 9.59 Å². The van der Waals surface area contributed by atoms with Gasteiger partial charge in [0.15, 0.2) is 18.2 Å². The van der Waals surface area contributed by atoms with Crippen LogP contribution in [0.4, 0.5) is 0 Å². The third-order valence-corrected chi connectivity index (χ3v) is 5.18. The summed E-state index contributed by atoms with van der Waals surface area (Å²) in [6, 6.07) is 8.89. The summed E-state index contributed by atoms with van der Waals surface area (Å²) >= 11 is 0. The largest absolute Gasteiger partial charge is 0.467 e. The van der Waals surface area contributed by atoms with Gasteiger partial charge in [-0.2, -0.15) is 0 Å². The molecule has 6 atom stereocenters. The zero-order valence-corrected chi connectivity index (χ0v) is 18.5. The Morgan fingerprint density at radius 2 is 1.97 bits per heavy atom. The van der Waals surface area contributed by atoms with Crippen molar-refractivity contribution in [3.8, 4) is 0 Å². The van der Waals surface area contributed by atoms with Crippen molar-refractivity contribution in [1.29, 1.82) is 0 Å². The maximum atomic E-state index is 12.0. The first kappa shape index (κ1) is 23.6. The normalized spacial score (nSPS) is 30.7. The number of rotatable bonds is 7. The summed E-state index contributed by atoms with van der Waals surface area (Å²) in [5.74, 6) is -1.69. The Bertz CT molecular complexity index is 755. The summed E-state index contributed by atoms with van der Waals surface area (Å²) in [6.45, 7) is 7.08. The molecule has 1 aromatic rings. The molecule has 0 spiro atoms. The van der Waals surface area contributed by atoms with Crippen LogP contribution in [0.1, 0.15) is 33.3 Å². The Labute approximate surface area is 182 Å². The van der Waals surface area contributed by atoms with Gasteiger partial charge in [-0.15, -0.1) is 0 Å². The van der Waals surface area contributed by atoms with E-state index >= 15 is 0 Å². The second kappa shape index (κ2) is 10.1. The fourth-order valence-corrected chi connectivity index (χ4v) is 3.73. The zero-order valence-electron chi connectivity index (χ0n) is 18.5. The van der Waals surface area contributed by atoms with Crippen molar-refractivity contribution in [2.45, 2.75) is 76.8 Å². The lowest BCUT2D eigenvalue weighted by Crippen LogP contribution is -2.69. The molecule has 0 saturated carbocycles. The van der Waals surface area contributed by atoms with Gasteiger partial charge in [0, 0.05) is 6.92 Å². The molecule has 0 aromatic heterocycles. The highest BCUT2D eigenvalue weighted by molar-refractivity contribution is 5.74. The first-order valence-electron chi connectivity index (χ1n) is 10.3. The predicted octanol–water partition coefficient (Wildman–Crippen LogP) is 1.53. The van der Waals surface area contributed by atoms with Gasteiger partial charge in [0.2, 0.25) is 5.91 Å². The molecule has 2 aliphatic rings. The minimum atomic E-state index is -0.880. The van der Waals surface area contributed by atoms with Crippen molar-refractivity contribution >= 4 is 11.9 Å². The molecular formula is C22H31NO8. The smallest absolute Gasteiger partial charge is 0.334 e. The highest BCUT2D eigenvalue weighted by Gasteiger charge is 2.53. The maximum Gasteiger partial charge on any atom is 0.334 e. The molecule has 3 rings (SSSR count). The predicted molar refractivity (Wildman–Crippen MR) is 109 cm³/mol. The number of hydrogen-bond acceptors (Lipinski definition) is 8. The Morgan fingerprint density at radius 1 is 1.26 bits per heavy atom. The molecule has 9 heteroatoms. The zero-order chi connectivity index (χ0) is 22.6. The van der Waals surface area contributed by atoms with E-state index in [2.05, 4.69) is 5.32 Å². The van der Waals surface area contributed by atoms with Crippen LogP contribution < -0.4 is 5.32 Å².